The molecule has 0 aromatic rings. The molecule has 0 saturated carbocycles. The molecule has 0 aromatic carbocycles. The highest BCUT2D eigenvalue weighted by Gasteiger charge is 2.03. The van der Waals surface area contributed by atoms with E-state index in [4.69, 9.17) is 16.3 Å². The maximum Gasteiger partial charge on any atom is 0.333 e. The van der Waals surface area contributed by atoms with E-state index < -0.39 is 0 Å². The molecule has 0 heterocycles. The average molecular weight is 248 g/mol. The number of rotatable bonds is 9. The predicted octanol–water partition coefficient (Wildman–Crippen LogP) is 1.58. The van der Waals surface area contributed by atoms with Crippen LogP contribution in [0.3, 0.4) is 0 Å². The summed E-state index contributed by atoms with van der Waals surface area (Å²) in [6.07, 6.45) is 2.30. The number of amides is 1. The summed E-state index contributed by atoms with van der Waals surface area (Å²) in [6.45, 7) is 6.64. The first-order chi connectivity index (χ1) is 7.61. The molecular formula is C11H18ClNO3. The van der Waals surface area contributed by atoms with E-state index >= 15 is 0 Å². The van der Waals surface area contributed by atoms with Crippen molar-refractivity contribution in [2.45, 2.75) is 19.8 Å². The Morgan fingerprint density at radius 1 is 1.44 bits per heavy atom. The van der Waals surface area contributed by atoms with Crippen molar-refractivity contribution >= 4 is 24.0 Å². The summed E-state index contributed by atoms with van der Waals surface area (Å²) < 4.78 is 4.91. The second kappa shape index (κ2) is 9.21. The Hall–Kier alpha value is -1.03. The topological polar surface area (TPSA) is 46.6 Å². The molecule has 0 saturated heterocycles. The molecule has 5 heteroatoms. The van der Waals surface area contributed by atoms with Gasteiger partial charge in [0.15, 0.2) is 0 Å². The lowest BCUT2D eigenvalue weighted by Crippen LogP contribution is -2.25. The van der Waals surface area contributed by atoms with Crippen LogP contribution in [0.4, 0.5) is 0 Å². The highest BCUT2D eigenvalue weighted by atomic mass is 35.5. The minimum Gasteiger partial charge on any atom is -0.462 e. The van der Waals surface area contributed by atoms with Crippen molar-refractivity contribution in [1.29, 1.82) is 0 Å². The Kier molecular flexibility index (Phi) is 8.62. The lowest BCUT2D eigenvalue weighted by atomic mass is 10.3. The third-order valence-corrected chi connectivity index (χ3v) is 2.11. The number of carbonyl (C=O) groups excluding carboxylic acids is 2. The monoisotopic (exact) mass is 247 g/mol. The summed E-state index contributed by atoms with van der Waals surface area (Å²) >= 11 is 5.51. The quantitative estimate of drug-likeness (QED) is 0.204. The molecule has 0 rings (SSSR count). The van der Waals surface area contributed by atoms with E-state index in [1.807, 2.05) is 0 Å². The van der Waals surface area contributed by atoms with Gasteiger partial charge in [-0.3, -0.25) is 4.79 Å². The number of hydrogen-bond acceptors (Lipinski definition) is 3. The van der Waals surface area contributed by atoms with E-state index in [9.17, 15) is 9.59 Å². The molecule has 92 valence electrons. The molecule has 0 aliphatic rings. The zero-order chi connectivity index (χ0) is 12.4. The first-order valence-corrected chi connectivity index (χ1v) is 5.73. The van der Waals surface area contributed by atoms with Crippen LogP contribution in [0.25, 0.3) is 0 Å². The van der Waals surface area contributed by atoms with Crippen LogP contribution in [-0.2, 0) is 14.3 Å². The predicted molar refractivity (Wildman–Crippen MR) is 63.4 cm³/mol. The van der Waals surface area contributed by atoms with Gasteiger partial charge in [0.25, 0.3) is 0 Å². The molecule has 0 radical (unpaired) electrons. The Morgan fingerprint density at radius 2 is 2.12 bits per heavy atom. The van der Waals surface area contributed by atoms with Gasteiger partial charge in [-0.05, 0) is 19.8 Å². The third kappa shape index (κ3) is 7.29. The molecule has 1 amide bonds. The molecule has 0 bridgehead atoms. The average Bonchev–Trinajstić information content (AvgIpc) is 2.26. The number of ether oxygens (including phenoxy) is 1. The van der Waals surface area contributed by atoms with Crippen LogP contribution in [0.15, 0.2) is 12.2 Å². The van der Waals surface area contributed by atoms with Crippen molar-refractivity contribution < 1.29 is 14.3 Å². The lowest BCUT2D eigenvalue weighted by Gasteiger charge is -2.15. The van der Waals surface area contributed by atoms with Crippen molar-refractivity contribution in [1.82, 2.24) is 4.90 Å². The van der Waals surface area contributed by atoms with Gasteiger partial charge in [0.1, 0.15) is 0 Å². The van der Waals surface area contributed by atoms with Crippen LogP contribution in [0.1, 0.15) is 19.8 Å². The first kappa shape index (κ1) is 15.0. The Labute approximate surface area is 101 Å². The Bertz CT molecular complexity index is 243. The number of hydrogen-bond donors (Lipinski definition) is 0. The molecule has 0 unspecified atom stereocenters. The van der Waals surface area contributed by atoms with Crippen molar-refractivity contribution in [3.05, 3.63) is 12.2 Å². The van der Waals surface area contributed by atoms with E-state index in [1.54, 1.807) is 11.8 Å². The summed E-state index contributed by atoms with van der Waals surface area (Å²) in [4.78, 5) is 23.1. The van der Waals surface area contributed by atoms with Crippen LogP contribution < -0.4 is 0 Å². The van der Waals surface area contributed by atoms with E-state index in [-0.39, 0.29) is 5.97 Å². The van der Waals surface area contributed by atoms with Gasteiger partial charge in [-0.1, -0.05) is 6.58 Å². The molecule has 4 nitrogen and oxygen atoms in total. The van der Waals surface area contributed by atoms with Crippen molar-refractivity contribution in [2.75, 3.05) is 25.6 Å². The molecular weight excluding hydrogens is 230 g/mol. The largest absolute Gasteiger partial charge is 0.462 e. The van der Waals surface area contributed by atoms with Gasteiger partial charge < -0.3 is 9.64 Å². The highest BCUT2D eigenvalue weighted by Crippen LogP contribution is 1.97. The van der Waals surface area contributed by atoms with Gasteiger partial charge in [0.05, 0.1) is 6.61 Å². The van der Waals surface area contributed by atoms with Gasteiger partial charge in [-0.25, -0.2) is 4.79 Å². The maximum absolute atomic E-state index is 11.0. The zero-order valence-electron chi connectivity index (χ0n) is 9.58. The van der Waals surface area contributed by atoms with Gasteiger partial charge in [-0.15, -0.1) is 11.6 Å². The van der Waals surface area contributed by atoms with Gasteiger partial charge in [0, 0.05) is 24.5 Å². The Morgan fingerprint density at radius 3 is 2.62 bits per heavy atom. The van der Waals surface area contributed by atoms with Gasteiger partial charge >= 0.3 is 5.97 Å². The molecule has 0 spiro atoms. The SMILES string of the molecule is C=C(C)C(=O)OCCCCN(C=O)CCCl. The number of halogens is 1. The Balaban J connectivity index is 3.48. The van der Waals surface area contributed by atoms with Crippen LogP contribution >= 0.6 is 11.6 Å². The standard InChI is InChI=1S/C11H18ClNO3/c1-10(2)11(15)16-8-4-3-6-13(9-14)7-5-12/h9H,1,3-8H2,2H3. The third-order valence-electron chi connectivity index (χ3n) is 1.94. The lowest BCUT2D eigenvalue weighted by molar-refractivity contribution is -0.139. The first-order valence-electron chi connectivity index (χ1n) is 5.19. The fourth-order valence-electron chi connectivity index (χ4n) is 1.03. The number of unbranched alkanes of at least 4 members (excludes halogenated alkanes) is 1. The van der Waals surface area contributed by atoms with Crippen LogP contribution in [0, 0.1) is 0 Å². The summed E-state index contributed by atoms with van der Waals surface area (Å²) in [5.41, 5.74) is 0.400. The van der Waals surface area contributed by atoms with Crippen LogP contribution in [0.5, 0.6) is 0 Å². The summed E-state index contributed by atoms with van der Waals surface area (Å²) in [7, 11) is 0. The molecule has 16 heavy (non-hydrogen) atoms. The normalized spacial score (nSPS) is 9.62. The molecule has 0 aromatic heterocycles. The molecule has 0 N–H and O–H groups in total. The molecule has 0 fully saturated rings. The van der Waals surface area contributed by atoms with Crippen molar-refractivity contribution in [3.8, 4) is 0 Å². The van der Waals surface area contributed by atoms with E-state index in [0.29, 0.717) is 31.1 Å². The second-order valence-corrected chi connectivity index (χ2v) is 3.83. The zero-order valence-corrected chi connectivity index (χ0v) is 10.3. The van der Waals surface area contributed by atoms with Crippen molar-refractivity contribution in [2.24, 2.45) is 0 Å². The van der Waals surface area contributed by atoms with E-state index in [1.165, 1.54) is 0 Å². The van der Waals surface area contributed by atoms with Gasteiger partial charge in [-0.2, -0.15) is 0 Å². The number of nitrogens with zero attached hydrogens (tertiary/aromatic N) is 1. The maximum atomic E-state index is 11.0. The molecule has 0 aliphatic heterocycles. The summed E-state index contributed by atoms with van der Waals surface area (Å²) in [5.74, 6) is 0.0663. The fourth-order valence-corrected chi connectivity index (χ4v) is 1.25. The smallest absolute Gasteiger partial charge is 0.333 e. The van der Waals surface area contributed by atoms with E-state index in [2.05, 4.69) is 6.58 Å². The summed E-state index contributed by atoms with van der Waals surface area (Å²) in [5, 5.41) is 0. The summed E-state index contributed by atoms with van der Waals surface area (Å²) in [6, 6.07) is 0. The number of carbonyl (C=O) groups is 2. The second-order valence-electron chi connectivity index (χ2n) is 3.45. The van der Waals surface area contributed by atoms with E-state index in [0.717, 1.165) is 19.3 Å². The molecule has 0 atom stereocenters. The van der Waals surface area contributed by atoms with Crippen LogP contribution in [0.2, 0.25) is 0 Å². The number of alkyl halides is 1. The minimum atomic E-state index is -0.368. The minimum absolute atomic E-state index is 0.360. The van der Waals surface area contributed by atoms with Crippen LogP contribution in [-0.4, -0.2) is 42.9 Å². The van der Waals surface area contributed by atoms with Crippen molar-refractivity contribution in [3.63, 3.8) is 0 Å². The van der Waals surface area contributed by atoms with Gasteiger partial charge in [0.2, 0.25) is 6.41 Å². The fraction of sp³-hybridized carbons (Fsp3) is 0.636. The number of esters is 1. The molecule has 0 aliphatic carbocycles. The highest BCUT2D eigenvalue weighted by molar-refractivity contribution is 6.18.